The van der Waals surface area contributed by atoms with Crippen molar-refractivity contribution in [1.29, 1.82) is 0 Å². The van der Waals surface area contributed by atoms with Gasteiger partial charge in [0.25, 0.3) is 5.89 Å². The van der Waals surface area contributed by atoms with Crippen LogP contribution in [-0.4, -0.2) is 20.7 Å². The topological polar surface area (TPSA) is 70.2 Å². The van der Waals surface area contributed by atoms with Crippen LogP contribution in [0.1, 0.15) is 34.6 Å². The molecule has 0 fully saturated rings. The lowest BCUT2D eigenvalue weighted by Gasteiger charge is -2.05. The van der Waals surface area contributed by atoms with Gasteiger partial charge < -0.3 is 13.8 Å². The lowest BCUT2D eigenvalue weighted by molar-refractivity contribution is 0.0429. The normalized spacial score (nSPS) is 10.9. The van der Waals surface area contributed by atoms with Gasteiger partial charge in [-0.3, -0.25) is 0 Å². The number of hydrogen-bond acceptors (Lipinski definition) is 5. The Morgan fingerprint density at radius 2 is 2.12 bits per heavy atom. The van der Waals surface area contributed by atoms with Crippen LogP contribution in [0.3, 0.4) is 0 Å². The number of carbonyl (C=O) groups is 1. The number of rotatable bonds is 5. The van der Waals surface area contributed by atoms with E-state index in [0.717, 1.165) is 23.5 Å². The number of benzene rings is 1. The van der Waals surface area contributed by atoms with Gasteiger partial charge in [0.15, 0.2) is 6.61 Å². The van der Waals surface area contributed by atoms with Gasteiger partial charge in [-0.1, -0.05) is 28.9 Å². The van der Waals surface area contributed by atoms with Crippen molar-refractivity contribution in [3.8, 4) is 11.4 Å². The van der Waals surface area contributed by atoms with Crippen LogP contribution in [-0.2, 0) is 17.9 Å². The molecule has 0 atom stereocenters. The lowest BCUT2D eigenvalue weighted by atomic mass is 10.2. The number of esters is 1. The van der Waals surface area contributed by atoms with Crippen LogP contribution in [0.4, 0.5) is 0 Å². The van der Waals surface area contributed by atoms with Crippen LogP contribution in [0.15, 0.2) is 34.9 Å². The molecule has 2 heterocycles. The summed E-state index contributed by atoms with van der Waals surface area (Å²) in [7, 11) is 0. The van der Waals surface area contributed by atoms with E-state index in [2.05, 4.69) is 14.7 Å². The van der Waals surface area contributed by atoms with Crippen molar-refractivity contribution < 1.29 is 14.1 Å². The van der Waals surface area contributed by atoms with Gasteiger partial charge in [-0.15, -0.1) is 0 Å². The maximum atomic E-state index is 12.3. The third-order valence-electron chi connectivity index (χ3n) is 3.99. The molecule has 25 heavy (non-hydrogen) atoms. The van der Waals surface area contributed by atoms with Crippen molar-refractivity contribution >= 4 is 17.6 Å². The molecule has 0 amide bonds. The number of aromatic nitrogens is 3. The van der Waals surface area contributed by atoms with E-state index in [1.807, 2.05) is 32.9 Å². The van der Waals surface area contributed by atoms with Gasteiger partial charge in [0.2, 0.25) is 5.82 Å². The highest BCUT2D eigenvalue weighted by molar-refractivity contribution is 6.30. The number of halogens is 1. The number of carbonyl (C=O) groups excluding carboxylic acids is 1. The SMILES string of the molecule is CCn1c(C)cc(C(=O)OCc2nc(-c3cccc(Cl)c3)no2)c1C. The standard InChI is InChI=1S/C18H18ClN3O3/c1-4-22-11(2)8-15(12(22)3)18(23)24-10-16-20-17(21-25-16)13-6-5-7-14(19)9-13/h5-9H,4,10H2,1-3H3. The molecule has 6 nitrogen and oxygen atoms in total. The molecule has 0 aliphatic carbocycles. The first-order valence-electron chi connectivity index (χ1n) is 7.92. The number of hydrogen-bond donors (Lipinski definition) is 0. The second-order valence-electron chi connectivity index (χ2n) is 5.63. The second kappa shape index (κ2) is 7.11. The van der Waals surface area contributed by atoms with E-state index in [1.54, 1.807) is 18.2 Å². The van der Waals surface area contributed by atoms with Gasteiger partial charge in [0.05, 0.1) is 5.56 Å². The second-order valence-corrected chi connectivity index (χ2v) is 6.06. The predicted molar refractivity (Wildman–Crippen MR) is 93.4 cm³/mol. The number of nitrogens with zero attached hydrogens (tertiary/aromatic N) is 3. The maximum absolute atomic E-state index is 12.3. The molecular weight excluding hydrogens is 342 g/mol. The van der Waals surface area contributed by atoms with Crippen LogP contribution < -0.4 is 0 Å². The van der Waals surface area contributed by atoms with Gasteiger partial charge in [-0.05, 0) is 39.0 Å². The zero-order valence-corrected chi connectivity index (χ0v) is 15.0. The Morgan fingerprint density at radius 1 is 1.32 bits per heavy atom. The monoisotopic (exact) mass is 359 g/mol. The third-order valence-corrected chi connectivity index (χ3v) is 4.22. The van der Waals surface area contributed by atoms with E-state index in [0.29, 0.717) is 16.4 Å². The average molecular weight is 360 g/mol. The molecule has 1 aromatic carbocycles. The molecule has 2 aromatic heterocycles. The summed E-state index contributed by atoms with van der Waals surface area (Å²) in [4.78, 5) is 16.5. The maximum Gasteiger partial charge on any atom is 0.340 e. The van der Waals surface area contributed by atoms with Gasteiger partial charge in [-0.25, -0.2) is 4.79 Å². The summed E-state index contributed by atoms with van der Waals surface area (Å²) in [5, 5.41) is 4.47. The Bertz CT molecular complexity index is 914. The molecule has 0 bridgehead atoms. The van der Waals surface area contributed by atoms with Crippen molar-refractivity contribution in [3.63, 3.8) is 0 Å². The van der Waals surface area contributed by atoms with Crippen LogP contribution >= 0.6 is 11.6 Å². The smallest absolute Gasteiger partial charge is 0.340 e. The summed E-state index contributed by atoms with van der Waals surface area (Å²) >= 11 is 5.96. The average Bonchev–Trinajstić information content (AvgIpc) is 3.17. The Kier molecular flexibility index (Phi) is 4.90. The quantitative estimate of drug-likeness (QED) is 0.639. The first-order chi connectivity index (χ1) is 12.0. The number of aryl methyl sites for hydroxylation is 1. The summed E-state index contributed by atoms with van der Waals surface area (Å²) in [6.07, 6.45) is 0. The third kappa shape index (κ3) is 3.58. The van der Waals surface area contributed by atoms with Crippen molar-refractivity contribution in [2.24, 2.45) is 0 Å². The Morgan fingerprint density at radius 3 is 2.80 bits per heavy atom. The molecule has 3 rings (SSSR count). The summed E-state index contributed by atoms with van der Waals surface area (Å²) in [6.45, 7) is 6.62. The van der Waals surface area contributed by atoms with Gasteiger partial charge >= 0.3 is 5.97 Å². The van der Waals surface area contributed by atoms with Crippen molar-refractivity contribution in [2.75, 3.05) is 0 Å². The van der Waals surface area contributed by atoms with Crippen LogP contribution in [0.5, 0.6) is 0 Å². The molecule has 130 valence electrons. The minimum Gasteiger partial charge on any atom is -0.452 e. The van der Waals surface area contributed by atoms with E-state index >= 15 is 0 Å². The fourth-order valence-corrected chi connectivity index (χ4v) is 2.95. The van der Waals surface area contributed by atoms with Crippen LogP contribution in [0.2, 0.25) is 5.02 Å². The summed E-state index contributed by atoms with van der Waals surface area (Å²) in [6, 6.07) is 8.96. The van der Waals surface area contributed by atoms with Crippen LogP contribution in [0, 0.1) is 13.8 Å². The van der Waals surface area contributed by atoms with E-state index in [9.17, 15) is 4.79 Å². The Balaban J connectivity index is 1.69. The highest BCUT2D eigenvalue weighted by atomic mass is 35.5. The van der Waals surface area contributed by atoms with Crippen LogP contribution in [0.25, 0.3) is 11.4 Å². The van der Waals surface area contributed by atoms with Crippen molar-refractivity contribution in [1.82, 2.24) is 14.7 Å². The molecule has 0 radical (unpaired) electrons. The first-order valence-corrected chi connectivity index (χ1v) is 8.29. The van der Waals surface area contributed by atoms with E-state index < -0.39 is 5.97 Å². The highest BCUT2D eigenvalue weighted by Crippen LogP contribution is 2.21. The van der Waals surface area contributed by atoms with E-state index in [4.69, 9.17) is 20.9 Å². The van der Waals surface area contributed by atoms with Gasteiger partial charge in [0, 0.05) is 28.5 Å². The zero-order chi connectivity index (χ0) is 18.0. The molecule has 3 aromatic rings. The minimum absolute atomic E-state index is 0.0812. The molecule has 0 saturated heterocycles. The van der Waals surface area contributed by atoms with E-state index in [1.165, 1.54) is 0 Å². The van der Waals surface area contributed by atoms with Crippen molar-refractivity contribution in [2.45, 2.75) is 33.9 Å². The van der Waals surface area contributed by atoms with Crippen molar-refractivity contribution in [3.05, 3.63) is 58.2 Å². The predicted octanol–water partition coefficient (Wildman–Crippen LogP) is 4.19. The number of ether oxygens (including phenoxy) is 1. The molecule has 0 unspecified atom stereocenters. The first kappa shape index (κ1) is 17.2. The minimum atomic E-state index is -0.407. The summed E-state index contributed by atoms with van der Waals surface area (Å²) < 4.78 is 12.5. The molecule has 0 N–H and O–H groups in total. The largest absolute Gasteiger partial charge is 0.452 e. The summed E-state index contributed by atoms with van der Waals surface area (Å²) in [5.41, 5.74) is 3.19. The molecule has 0 saturated carbocycles. The Labute approximate surface area is 150 Å². The molecule has 0 aliphatic rings. The van der Waals surface area contributed by atoms with E-state index in [-0.39, 0.29) is 12.5 Å². The molecular formula is C18H18ClN3O3. The molecule has 7 heteroatoms. The Hall–Kier alpha value is -2.60. The fraction of sp³-hybridized carbons (Fsp3) is 0.278. The highest BCUT2D eigenvalue weighted by Gasteiger charge is 2.18. The fourth-order valence-electron chi connectivity index (χ4n) is 2.76. The molecule has 0 aliphatic heterocycles. The zero-order valence-electron chi connectivity index (χ0n) is 14.2. The van der Waals surface area contributed by atoms with Gasteiger partial charge in [0.1, 0.15) is 0 Å². The van der Waals surface area contributed by atoms with Gasteiger partial charge in [-0.2, -0.15) is 4.98 Å². The summed E-state index contributed by atoms with van der Waals surface area (Å²) in [5.74, 6) is 0.223. The molecule has 0 spiro atoms. The lowest BCUT2D eigenvalue weighted by Crippen LogP contribution is -2.07.